The minimum Gasteiger partial charge on any atom is -0.505 e. The van der Waals surface area contributed by atoms with Gasteiger partial charge in [-0.15, -0.1) is 0 Å². The number of rotatable bonds is 1. The third kappa shape index (κ3) is 1.88. The summed E-state index contributed by atoms with van der Waals surface area (Å²) in [6.45, 7) is -6.82. The summed E-state index contributed by atoms with van der Waals surface area (Å²) in [4.78, 5) is 6.31. The smallest absolute Gasteiger partial charge is 0.159 e. The van der Waals surface area contributed by atoms with Crippen LogP contribution in [0.5, 0.6) is 5.75 Å². The van der Waals surface area contributed by atoms with Gasteiger partial charge in [-0.2, -0.15) is 0 Å². The zero-order valence-corrected chi connectivity index (χ0v) is 5.29. The monoisotopic (exact) mass is 162 g/mol. The lowest BCUT2D eigenvalue weighted by Gasteiger charge is -2.13. The number of aromatic hydroxyl groups is 1. The predicted molar refractivity (Wildman–Crippen MR) is 38.9 cm³/mol. The van der Waals surface area contributed by atoms with Gasteiger partial charge in [0.1, 0.15) is 5.60 Å². The summed E-state index contributed by atoms with van der Waals surface area (Å²) in [5.74, 6) is -2.07. The Morgan fingerprint density at radius 3 is 2.55 bits per heavy atom. The van der Waals surface area contributed by atoms with Crippen LogP contribution < -0.4 is 0 Å². The van der Waals surface area contributed by atoms with Crippen molar-refractivity contribution in [2.24, 2.45) is 0 Å². The molecule has 0 spiro atoms. The first-order valence-electron chi connectivity index (χ1n) is 6.59. The zero-order chi connectivity index (χ0) is 15.2. The van der Waals surface area contributed by atoms with Gasteiger partial charge in [0.15, 0.2) is 11.6 Å². The van der Waals surface area contributed by atoms with E-state index >= 15 is 0 Å². The topological polar surface area (TPSA) is 66.2 Å². The molecule has 1 heterocycles. The van der Waals surface area contributed by atoms with E-state index in [0.717, 1.165) is 0 Å². The van der Waals surface area contributed by atoms with Crippen molar-refractivity contribution in [1.29, 1.82) is 0 Å². The van der Waals surface area contributed by atoms with Crippen LogP contribution in [-0.4, -0.2) is 20.2 Å². The Balaban J connectivity index is 3.62. The maximum Gasteiger partial charge on any atom is 0.159 e. The van der Waals surface area contributed by atoms with E-state index in [9.17, 15) is 5.11 Å². The van der Waals surface area contributed by atoms with Gasteiger partial charge in [0.25, 0.3) is 0 Å². The van der Waals surface area contributed by atoms with Gasteiger partial charge in [0, 0.05) is 8.22 Å². The molecule has 0 amide bonds. The summed E-state index contributed by atoms with van der Waals surface area (Å²) in [6.07, 6.45) is -1.89. The normalized spacial score (nSPS) is 24.5. The fourth-order valence-electron chi connectivity index (χ4n) is 0.424. The second kappa shape index (κ2) is 2.47. The highest BCUT2D eigenvalue weighted by molar-refractivity contribution is 5.11. The van der Waals surface area contributed by atoms with Gasteiger partial charge in [-0.05, 0) is 13.7 Å². The van der Waals surface area contributed by atoms with Gasteiger partial charge >= 0.3 is 0 Å². The molecule has 0 atom stereocenters. The Morgan fingerprint density at radius 2 is 2.09 bits per heavy atom. The molecule has 0 radical (unpaired) electrons. The zero-order valence-electron chi connectivity index (χ0n) is 13.3. The summed E-state index contributed by atoms with van der Waals surface area (Å²) in [5, 5.41) is 19.1. The molecule has 1 rings (SSSR count). The van der Waals surface area contributed by atoms with Crippen molar-refractivity contribution >= 4 is 0 Å². The number of nitrogens with zero attached hydrogens (tertiary/aromatic N) is 2. The molecule has 0 saturated carbocycles. The van der Waals surface area contributed by atoms with E-state index in [1.165, 1.54) is 0 Å². The lowest BCUT2D eigenvalue weighted by atomic mass is 10.1. The molecule has 4 heteroatoms. The van der Waals surface area contributed by atoms with Gasteiger partial charge in [0.05, 0.1) is 15.1 Å². The molecule has 0 saturated heterocycles. The molecule has 2 N–H and O–H groups in total. The highest BCUT2D eigenvalue weighted by atomic mass is 16.3. The van der Waals surface area contributed by atoms with Crippen LogP contribution in [0.4, 0.5) is 0 Å². The van der Waals surface area contributed by atoms with Crippen LogP contribution in [0.25, 0.3) is 0 Å². The standard InChI is InChI=1S/C7H10N2O2/c1-7(2,11)6-8-3-5(10)4-9-6/h3-4,10-11H,1-2H3/i1D3,2D3,3D,4D. The number of hydrogen-bond acceptors (Lipinski definition) is 4. The van der Waals surface area contributed by atoms with Crippen LogP contribution in [0.3, 0.4) is 0 Å². The summed E-state index contributed by atoms with van der Waals surface area (Å²) in [7, 11) is 0. The maximum absolute atomic E-state index is 10.00. The van der Waals surface area contributed by atoms with E-state index < -0.39 is 43.2 Å². The third-order valence-electron chi connectivity index (χ3n) is 0.859. The Hall–Kier alpha value is -1.16. The number of hydrogen-bond donors (Lipinski definition) is 2. The van der Waals surface area contributed by atoms with E-state index in [1.807, 2.05) is 0 Å². The van der Waals surface area contributed by atoms with Crippen molar-refractivity contribution < 1.29 is 21.2 Å². The Labute approximate surface area is 75.8 Å². The summed E-state index contributed by atoms with van der Waals surface area (Å²) < 4.78 is 57.2. The fraction of sp³-hybridized carbons (Fsp3) is 0.429. The van der Waals surface area contributed by atoms with E-state index in [1.54, 1.807) is 0 Å². The molecule has 0 unspecified atom stereocenters. The predicted octanol–water partition coefficient (Wildman–Crippen LogP) is 0.410. The van der Waals surface area contributed by atoms with Crippen molar-refractivity contribution in [3.05, 3.63) is 18.2 Å². The van der Waals surface area contributed by atoms with Gasteiger partial charge in [-0.1, -0.05) is 0 Å². The van der Waals surface area contributed by atoms with Crippen molar-refractivity contribution in [3.8, 4) is 5.75 Å². The van der Waals surface area contributed by atoms with Gasteiger partial charge in [-0.3, -0.25) is 0 Å². The minimum absolute atomic E-state index is 0.942. The molecule has 0 fully saturated rings. The fourth-order valence-corrected chi connectivity index (χ4v) is 0.424. The second-order valence-electron chi connectivity index (χ2n) is 1.83. The van der Waals surface area contributed by atoms with Crippen LogP contribution in [0.2, 0.25) is 0 Å². The summed E-state index contributed by atoms with van der Waals surface area (Å²) in [6, 6.07) is 0. The van der Waals surface area contributed by atoms with Crippen LogP contribution >= 0.6 is 0 Å². The van der Waals surface area contributed by atoms with E-state index in [2.05, 4.69) is 9.97 Å². The van der Waals surface area contributed by atoms with Gasteiger partial charge in [-0.25, -0.2) is 9.97 Å². The van der Waals surface area contributed by atoms with Crippen molar-refractivity contribution in [2.45, 2.75) is 19.3 Å². The molecule has 0 aliphatic rings. The molecular weight excluding hydrogens is 144 g/mol. The molecule has 0 aliphatic carbocycles. The van der Waals surface area contributed by atoms with Crippen molar-refractivity contribution in [2.75, 3.05) is 0 Å². The molecule has 0 aliphatic heterocycles. The quantitative estimate of drug-likeness (QED) is 0.627. The van der Waals surface area contributed by atoms with E-state index in [-0.39, 0.29) is 0 Å². The number of aromatic nitrogens is 2. The van der Waals surface area contributed by atoms with Crippen molar-refractivity contribution in [3.63, 3.8) is 0 Å². The average Bonchev–Trinajstić information content (AvgIpc) is 2.20. The lowest BCUT2D eigenvalue weighted by molar-refractivity contribution is 0.0685. The van der Waals surface area contributed by atoms with Crippen LogP contribution in [0.1, 0.15) is 30.5 Å². The second-order valence-corrected chi connectivity index (χ2v) is 1.83. The van der Waals surface area contributed by atoms with Crippen LogP contribution in [0.15, 0.2) is 12.3 Å². The summed E-state index contributed by atoms with van der Waals surface area (Å²) >= 11 is 0. The first-order valence-corrected chi connectivity index (χ1v) is 2.59. The largest absolute Gasteiger partial charge is 0.505 e. The van der Waals surface area contributed by atoms with Crippen LogP contribution in [-0.2, 0) is 5.60 Å². The molecule has 1 aromatic rings. The first-order chi connectivity index (χ1) is 8.32. The van der Waals surface area contributed by atoms with Crippen LogP contribution in [0, 0.1) is 0 Å². The molecule has 4 nitrogen and oxygen atoms in total. The SMILES string of the molecule is [2H]c1nc(C(O)(C([2H])([2H])[2H])C([2H])([2H])[2H])nc([2H])c1O. The Kier molecular flexibility index (Phi) is 0.542. The maximum atomic E-state index is 10.00. The summed E-state index contributed by atoms with van der Waals surface area (Å²) in [5.41, 5.74) is -3.43. The molecular formula is C7H10N2O2. The third-order valence-corrected chi connectivity index (χ3v) is 0.859. The molecule has 1 aromatic heterocycles. The van der Waals surface area contributed by atoms with Gasteiger partial charge < -0.3 is 10.2 Å². The lowest BCUT2D eigenvalue weighted by Crippen LogP contribution is -2.18. The van der Waals surface area contributed by atoms with E-state index in [0.29, 0.717) is 0 Å². The molecule has 60 valence electrons. The number of aliphatic hydroxyl groups is 1. The van der Waals surface area contributed by atoms with Crippen molar-refractivity contribution in [1.82, 2.24) is 9.97 Å². The highest BCUT2D eigenvalue weighted by Crippen LogP contribution is 2.15. The Morgan fingerprint density at radius 1 is 1.55 bits per heavy atom. The van der Waals surface area contributed by atoms with E-state index in [4.69, 9.17) is 16.1 Å². The molecule has 0 aromatic carbocycles. The van der Waals surface area contributed by atoms with Gasteiger partial charge in [0.2, 0.25) is 0 Å². The first kappa shape index (κ1) is 2.42. The molecule has 11 heavy (non-hydrogen) atoms. The average molecular weight is 162 g/mol. The highest BCUT2D eigenvalue weighted by Gasteiger charge is 2.18. The Bertz CT molecular complexity index is 460. The minimum atomic E-state index is -3.43. The molecule has 0 bridgehead atoms.